The molecular formula is C25H37N5O3S. The molecule has 1 atom stereocenters. The van der Waals surface area contributed by atoms with Crippen molar-refractivity contribution in [2.45, 2.75) is 51.6 Å². The number of hydrogen-bond acceptors (Lipinski definition) is 6. The van der Waals surface area contributed by atoms with E-state index in [1.54, 1.807) is 30.5 Å². The number of carbonyl (C=O) groups is 1. The van der Waals surface area contributed by atoms with Crippen molar-refractivity contribution in [1.82, 2.24) is 19.9 Å². The maximum absolute atomic E-state index is 12.9. The van der Waals surface area contributed by atoms with Crippen LogP contribution in [0.3, 0.4) is 0 Å². The summed E-state index contributed by atoms with van der Waals surface area (Å²) in [5.41, 5.74) is 1.84. The van der Waals surface area contributed by atoms with E-state index in [0.29, 0.717) is 6.42 Å². The molecule has 2 N–H and O–H groups in total. The fraction of sp³-hybridized carbons (Fsp3) is 0.520. The molecule has 0 bridgehead atoms. The predicted octanol–water partition coefficient (Wildman–Crippen LogP) is 2.54. The van der Waals surface area contributed by atoms with E-state index in [4.69, 9.17) is 0 Å². The number of nitrogens with zero attached hydrogens (tertiary/aromatic N) is 3. The third kappa shape index (κ3) is 7.25. The SMILES string of the molecule is CCN1CCN(c2ccc(CNC(=O)C(CC(C)C)NS(=O)(=O)c3ccc(C)cc3)cn2)CC1. The van der Waals surface area contributed by atoms with Gasteiger partial charge in [-0.3, -0.25) is 4.79 Å². The average molecular weight is 488 g/mol. The van der Waals surface area contributed by atoms with Crippen molar-refractivity contribution in [2.24, 2.45) is 5.92 Å². The van der Waals surface area contributed by atoms with Crippen molar-refractivity contribution in [1.29, 1.82) is 0 Å². The fourth-order valence-corrected chi connectivity index (χ4v) is 5.18. The molecule has 1 aromatic heterocycles. The number of benzene rings is 1. The van der Waals surface area contributed by atoms with E-state index in [2.05, 4.69) is 31.7 Å². The summed E-state index contributed by atoms with van der Waals surface area (Å²) in [5.74, 6) is 0.740. The lowest BCUT2D eigenvalue weighted by atomic mass is 10.0. The molecule has 34 heavy (non-hydrogen) atoms. The van der Waals surface area contributed by atoms with Crippen LogP contribution in [0.15, 0.2) is 47.5 Å². The standard InChI is InChI=1S/C25H37N5O3S/c1-5-29-12-14-30(15-13-29)24-11-8-21(17-26-24)18-27-25(31)23(16-19(2)3)28-34(32,33)22-9-6-20(4)7-10-22/h6-11,17,19,23,28H,5,12-16,18H2,1-4H3,(H,27,31). The van der Waals surface area contributed by atoms with Gasteiger partial charge in [0, 0.05) is 38.9 Å². The minimum absolute atomic E-state index is 0.144. The maximum Gasteiger partial charge on any atom is 0.241 e. The highest BCUT2D eigenvalue weighted by Gasteiger charge is 2.26. The monoisotopic (exact) mass is 487 g/mol. The van der Waals surface area contributed by atoms with Gasteiger partial charge < -0.3 is 15.1 Å². The van der Waals surface area contributed by atoms with Crippen LogP contribution in [0.25, 0.3) is 0 Å². The number of pyridine rings is 1. The summed E-state index contributed by atoms with van der Waals surface area (Å²) >= 11 is 0. The Hall–Kier alpha value is -2.49. The highest BCUT2D eigenvalue weighted by molar-refractivity contribution is 7.89. The number of sulfonamides is 1. The lowest BCUT2D eigenvalue weighted by Crippen LogP contribution is -2.47. The van der Waals surface area contributed by atoms with Crippen molar-refractivity contribution in [3.05, 3.63) is 53.7 Å². The molecule has 0 spiro atoms. The second-order valence-corrected chi connectivity index (χ2v) is 11.0. The molecule has 3 rings (SSSR count). The molecular weight excluding hydrogens is 450 g/mol. The van der Waals surface area contributed by atoms with Crippen LogP contribution in [-0.2, 0) is 21.4 Å². The zero-order valence-corrected chi connectivity index (χ0v) is 21.4. The van der Waals surface area contributed by atoms with Gasteiger partial charge in [0.15, 0.2) is 0 Å². The third-order valence-electron chi connectivity index (χ3n) is 6.07. The van der Waals surface area contributed by atoms with Gasteiger partial charge in [-0.05, 0) is 49.6 Å². The molecule has 0 radical (unpaired) electrons. The molecule has 2 heterocycles. The molecule has 186 valence electrons. The Bertz CT molecular complexity index is 1030. The number of rotatable bonds is 10. The van der Waals surface area contributed by atoms with Crippen LogP contribution in [0.1, 0.15) is 38.3 Å². The number of carbonyl (C=O) groups excluding carboxylic acids is 1. The Labute approximate surface area is 203 Å². The Balaban J connectivity index is 1.59. The number of likely N-dealkylation sites (N-methyl/N-ethyl adjacent to an activating group) is 1. The van der Waals surface area contributed by atoms with Gasteiger partial charge in [0.25, 0.3) is 0 Å². The quantitative estimate of drug-likeness (QED) is 0.535. The molecule has 8 nitrogen and oxygen atoms in total. The Morgan fingerprint density at radius 3 is 2.29 bits per heavy atom. The Morgan fingerprint density at radius 2 is 1.74 bits per heavy atom. The summed E-state index contributed by atoms with van der Waals surface area (Å²) < 4.78 is 28.3. The van der Waals surface area contributed by atoms with E-state index in [1.807, 2.05) is 32.9 Å². The van der Waals surface area contributed by atoms with Crippen molar-refractivity contribution in [3.63, 3.8) is 0 Å². The molecule has 1 aromatic carbocycles. The van der Waals surface area contributed by atoms with E-state index in [1.165, 1.54) is 0 Å². The maximum atomic E-state index is 12.9. The highest BCUT2D eigenvalue weighted by atomic mass is 32.2. The third-order valence-corrected chi connectivity index (χ3v) is 7.56. The van der Waals surface area contributed by atoms with E-state index in [9.17, 15) is 13.2 Å². The van der Waals surface area contributed by atoms with Crippen LogP contribution < -0.4 is 14.9 Å². The lowest BCUT2D eigenvalue weighted by molar-refractivity contribution is -0.123. The zero-order valence-electron chi connectivity index (χ0n) is 20.6. The first kappa shape index (κ1) is 26.1. The zero-order chi connectivity index (χ0) is 24.7. The Morgan fingerprint density at radius 1 is 1.06 bits per heavy atom. The second kappa shape index (κ2) is 11.8. The van der Waals surface area contributed by atoms with Crippen LogP contribution in [0.5, 0.6) is 0 Å². The number of hydrogen-bond donors (Lipinski definition) is 2. The molecule has 0 saturated carbocycles. The van der Waals surface area contributed by atoms with Gasteiger partial charge in [-0.25, -0.2) is 13.4 Å². The minimum Gasteiger partial charge on any atom is -0.354 e. The second-order valence-electron chi connectivity index (χ2n) is 9.28. The van der Waals surface area contributed by atoms with E-state index in [0.717, 1.165) is 49.7 Å². The molecule has 1 aliphatic rings. The average Bonchev–Trinajstić information content (AvgIpc) is 2.82. The number of piperazine rings is 1. The first-order valence-electron chi connectivity index (χ1n) is 12.0. The smallest absolute Gasteiger partial charge is 0.241 e. The van der Waals surface area contributed by atoms with Crippen molar-refractivity contribution in [2.75, 3.05) is 37.6 Å². The van der Waals surface area contributed by atoms with Gasteiger partial charge in [-0.2, -0.15) is 4.72 Å². The number of anilines is 1. The van der Waals surface area contributed by atoms with E-state index < -0.39 is 16.1 Å². The van der Waals surface area contributed by atoms with Gasteiger partial charge in [0.05, 0.1) is 4.90 Å². The fourth-order valence-electron chi connectivity index (χ4n) is 3.97. The first-order chi connectivity index (χ1) is 16.2. The lowest BCUT2D eigenvalue weighted by Gasteiger charge is -2.34. The Kier molecular flexibility index (Phi) is 9.04. The topological polar surface area (TPSA) is 94.6 Å². The molecule has 9 heteroatoms. The molecule has 1 fully saturated rings. The van der Waals surface area contributed by atoms with Gasteiger partial charge in [-0.1, -0.05) is 44.5 Å². The van der Waals surface area contributed by atoms with Crippen LogP contribution in [-0.4, -0.2) is 63.0 Å². The molecule has 1 aliphatic heterocycles. The van der Waals surface area contributed by atoms with Crippen LogP contribution in [0.2, 0.25) is 0 Å². The first-order valence-corrected chi connectivity index (χ1v) is 13.4. The summed E-state index contributed by atoms with van der Waals surface area (Å²) in [4.78, 5) is 22.3. The highest BCUT2D eigenvalue weighted by Crippen LogP contribution is 2.15. The van der Waals surface area contributed by atoms with Gasteiger partial charge in [-0.15, -0.1) is 0 Å². The number of aryl methyl sites for hydroxylation is 1. The normalized spacial score (nSPS) is 16.0. The van der Waals surface area contributed by atoms with Crippen molar-refractivity contribution < 1.29 is 13.2 Å². The number of aromatic nitrogens is 1. The minimum atomic E-state index is -3.81. The van der Waals surface area contributed by atoms with Crippen LogP contribution in [0, 0.1) is 12.8 Å². The summed E-state index contributed by atoms with van der Waals surface area (Å²) in [6, 6.07) is 9.68. The number of amides is 1. The number of nitrogens with one attached hydrogen (secondary N) is 2. The molecule has 0 aliphatic carbocycles. The summed E-state index contributed by atoms with van der Waals surface area (Å²) in [6.07, 6.45) is 2.17. The molecule has 2 aromatic rings. The summed E-state index contributed by atoms with van der Waals surface area (Å²) in [5, 5.41) is 2.87. The predicted molar refractivity (Wildman–Crippen MR) is 135 cm³/mol. The van der Waals surface area contributed by atoms with Crippen LogP contribution >= 0.6 is 0 Å². The van der Waals surface area contributed by atoms with Crippen molar-refractivity contribution >= 4 is 21.7 Å². The van der Waals surface area contributed by atoms with Gasteiger partial charge in [0.2, 0.25) is 15.9 Å². The molecule has 1 saturated heterocycles. The van der Waals surface area contributed by atoms with Gasteiger partial charge >= 0.3 is 0 Å². The largest absolute Gasteiger partial charge is 0.354 e. The summed E-state index contributed by atoms with van der Waals surface area (Å²) in [6.45, 7) is 13.3. The molecule has 1 unspecified atom stereocenters. The van der Waals surface area contributed by atoms with E-state index in [-0.39, 0.29) is 23.3 Å². The van der Waals surface area contributed by atoms with Crippen molar-refractivity contribution in [3.8, 4) is 0 Å². The van der Waals surface area contributed by atoms with E-state index >= 15 is 0 Å². The van der Waals surface area contributed by atoms with Crippen LogP contribution in [0.4, 0.5) is 5.82 Å². The van der Waals surface area contributed by atoms with Gasteiger partial charge in [0.1, 0.15) is 11.9 Å². The summed E-state index contributed by atoms with van der Waals surface area (Å²) in [7, 11) is -3.81. The molecule has 1 amide bonds.